The summed E-state index contributed by atoms with van der Waals surface area (Å²) >= 11 is 11.8. The van der Waals surface area contributed by atoms with E-state index in [4.69, 9.17) is 37.4 Å². The lowest BCUT2D eigenvalue weighted by molar-refractivity contribution is -0.146. The second kappa shape index (κ2) is 9.31. The summed E-state index contributed by atoms with van der Waals surface area (Å²) in [6, 6.07) is 9.74. The monoisotopic (exact) mass is 397 g/mol. The van der Waals surface area contributed by atoms with Crippen LogP contribution in [0.5, 0.6) is 11.5 Å². The van der Waals surface area contributed by atoms with E-state index in [1.807, 2.05) is 0 Å². The molecule has 2 rings (SSSR count). The van der Waals surface area contributed by atoms with E-state index in [2.05, 4.69) is 5.32 Å². The van der Waals surface area contributed by atoms with Crippen LogP contribution in [0.3, 0.4) is 0 Å². The van der Waals surface area contributed by atoms with Gasteiger partial charge in [-0.05, 0) is 35.9 Å². The van der Waals surface area contributed by atoms with E-state index in [0.29, 0.717) is 32.8 Å². The summed E-state index contributed by atoms with van der Waals surface area (Å²) in [4.78, 5) is 23.8. The number of esters is 1. The van der Waals surface area contributed by atoms with Crippen molar-refractivity contribution in [3.63, 3.8) is 0 Å². The molecule has 6 nitrogen and oxygen atoms in total. The molecule has 0 radical (unpaired) electrons. The second-order valence-electron chi connectivity index (χ2n) is 5.20. The van der Waals surface area contributed by atoms with Crippen molar-refractivity contribution in [3.8, 4) is 11.5 Å². The third-order valence-electron chi connectivity index (χ3n) is 3.37. The number of hydrogen-bond donors (Lipinski definition) is 1. The number of rotatable bonds is 7. The average molecular weight is 398 g/mol. The molecule has 1 N–H and O–H groups in total. The van der Waals surface area contributed by atoms with Crippen molar-refractivity contribution in [2.75, 3.05) is 26.1 Å². The number of hydrogen-bond acceptors (Lipinski definition) is 5. The Morgan fingerprint density at radius 3 is 2.38 bits per heavy atom. The zero-order chi connectivity index (χ0) is 19.1. The maximum Gasteiger partial charge on any atom is 0.310 e. The van der Waals surface area contributed by atoms with Crippen LogP contribution in [0.2, 0.25) is 10.0 Å². The van der Waals surface area contributed by atoms with Crippen LogP contribution in [-0.4, -0.2) is 32.7 Å². The van der Waals surface area contributed by atoms with Gasteiger partial charge >= 0.3 is 5.97 Å². The lowest BCUT2D eigenvalue weighted by atomic mass is 10.1. The van der Waals surface area contributed by atoms with Gasteiger partial charge in [0.15, 0.2) is 18.1 Å². The number of methoxy groups -OCH3 is 2. The van der Waals surface area contributed by atoms with Crippen LogP contribution in [-0.2, 0) is 20.7 Å². The van der Waals surface area contributed by atoms with Crippen LogP contribution in [0, 0.1) is 0 Å². The summed E-state index contributed by atoms with van der Waals surface area (Å²) in [5.74, 6) is 0.0150. The fourth-order valence-electron chi connectivity index (χ4n) is 2.13. The van der Waals surface area contributed by atoms with Crippen LogP contribution in [0.15, 0.2) is 36.4 Å². The van der Waals surface area contributed by atoms with Crippen molar-refractivity contribution in [2.24, 2.45) is 0 Å². The van der Waals surface area contributed by atoms with E-state index in [-0.39, 0.29) is 6.42 Å². The molecule has 8 heteroatoms. The summed E-state index contributed by atoms with van der Waals surface area (Å²) < 4.78 is 15.3. The van der Waals surface area contributed by atoms with Gasteiger partial charge in [0.25, 0.3) is 5.91 Å². The molecule has 0 saturated heterocycles. The summed E-state index contributed by atoms with van der Waals surface area (Å²) in [6.45, 7) is -0.426. The molecule has 138 valence electrons. The highest BCUT2D eigenvalue weighted by atomic mass is 35.5. The minimum atomic E-state index is -0.547. The van der Waals surface area contributed by atoms with E-state index in [1.54, 1.807) is 30.3 Å². The van der Waals surface area contributed by atoms with Gasteiger partial charge in [0.05, 0.1) is 31.4 Å². The number of ether oxygens (including phenoxy) is 3. The lowest BCUT2D eigenvalue weighted by Crippen LogP contribution is -2.21. The normalized spacial score (nSPS) is 10.2. The molecule has 1 amide bonds. The third-order valence-corrected chi connectivity index (χ3v) is 3.91. The molecule has 0 heterocycles. The van der Waals surface area contributed by atoms with Crippen LogP contribution in [0.4, 0.5) is 5.69 Å². The van der Waals surface area contributed by atoms with Crippen LogP contribution in [0.25, 0.3) is 0 Å². The Balaban J connectivity index is 1.87. The molecule has 0 aliphatic heterocycles. The standard InChI is InChI=1S/C18H17Cl2NO5/c1-24-15-6-3-11(7-16(15)25-2)8-18(23)26-10-17(22)21-14-5-4-12(19)9-13(14)20/h3-7,9H,8,10H2,1-2H3,(H,21,22). The van der Waals surface area contributed by atoms with Crippen LogP contribution in [0.1, 0.15) is 5.56 Å². The van der Waals surface area contributed by atoms with E-state index in [0.717, 1.165) is 0 Å². The topological polar surface area (TPSA) is 73.9 Å². The number of benzene rings is 2. The van der Waals surface area contributed by atoms with Crippen molar-refractivity contribution < 1.29 is 23.8 Å². The lowest BCUT2D eigenvalue weighted by Gasteiger charge is -2.10. The molecule has 0 aromatic heterocycles. The third kappa shape index (κ3) is 5.54. The van der Waals surface area contributed by atoms with Gasteiger partial charge in [-0.3, -0.25) is 9.59 Å². The number of carbonyl (C=O) groups excluding carboxylic acids is 2. The first-order chi connectivity index (χ1) is 12.4. The predicted molar refractivity (Wildman–Crippen MR) is 99.3 cm³/mol. The quantitative estimate of drug-likeness (QED) is 0.720. The Bertz CT molecular complexity index is 810. The highest BCUT2D eigenvalue weighted by Crippen LogP contribution is 2.28. The van der Waals surface area contributed by atoms with Crippen LogP contribution < -0.4 is 14.8 Å². The van der Waals surface area contributed by atoms with Crippen molar-refractivity contribution in [1.29, 1.82) is 0 Å². The largest absolute Gasteiger partial charge is 0.493 e. The van der Waals surface area contributed by atoms with Gasteiger partial charge in [-0.15, -0.1) is 0 Å². The van der Waals surface area contributed by atoms with Gasteiger partial charge in [0, 0.05) is 5.02 Å². The van der Waals surface area contributed by atoms with E-state index >= 15 is 0 Å². The summed E-state index contributed by atoms with van der Waals surface area (Å²) in [5, 5.41) is 3.29. The fourth-order valence-corrected chi connectivity index (χ4v) is 2.59. The van der Waals surface area contributed by atoms with Gasteiger partial charge in [0.1, 0.15) is 0 Å². The first-order valence-corrected chi connectivity index (χ1v) is 8.30. The van der Waals surface area contributed by atoms with Crippen molar-refractivity contribution in [2.45, 2.75) is 6.42 Å². The summed E-state index contributed by atoms with van der Waals surface area (Å²) in [7, 11) is 3.03. The van der Waals surface area contributed by atoms with E-state index < -0.39 is 18.5 Å². The molecule has 0 atom stereocenters. The highest BCUT2D eigenvalue weighted by Gasteiger charge is 2.12. The summed E-state index contributed by atoms with van der Waals surface area (Å²) in [5.41, 5.74) is 1.06. The molecule has 0 aliphatic carbocycles. The number of halogens is 2. The Morgan fingerprint density at radius 1 is 1.00 bits per heavy atom. The number of amides is 1. The molecule has 0 bridgehead atoms. The number of nitrogens with one attached hydrogen (secondary N) is 1. The first kappa shape index (κ1) is 19.9. The van der Waals surface area contributed by atoms with Crippen molar-refractivity contribution in [3.05, 3.63) is 52.0 Å². The highest BCUT2D eigenvalue weighted by molar-refractivity contribution is 6.36. The van der Waals surface area contributed by atoms with Crippen molar-refractivity contribution in [1.82, 2.24) is 0 Å². The maximum atomic E-state index is 11.9. The zero-order valence-corrected chi connectivity index (χ0v) is 15.7. The minimum Gasteiger partial charge on any atom is -0.493 e. The Hall–Kier alpha value is -2.44. The van der Waals surface area contributed by atoms with Crippen molar-refractivity contribution >= 4 is 40.8 Å². The molecule has 0 aliphatic rings. The SMILES string of the molecule is COc1ccc(CC(=O)OCC(=O)Nc2ccc(Cl)cc2Cl)cc1OC. The van der Waals surface area contributed by atoms with Gasteiger partial charge in [-0.25, -0.2) is 0 Å². The molecule has 0 saturated carbocycles. The van der Waals surface area contributed by atoms with Gasteiger partial charge in [-0.1, -0.05) is 29.3 Å². The van der Waals surface area contributed by atoms with E-state index in [9.17, 15) is 9.59 Å². The molecule has 0 spiro atoms. The minimum absolute atomic E-state index is 0.00463. The smallest absolute Gasteiger partial charge is 0.310 e. The first-order valence-electron chi connectivity index (χ1n) is 7.54. The number of anilines is 1. The Kier molecular flexibility index (Phi) is 7.12. The molecular weight excluding hydrogens is 381 g/mol. The van der Waals surface area contributed by atoms with E-state index in [1.165, 1.54) is 20.3 Å². The molecule has 2 aromatic rings. The molecule has 0 fully saturated rings. The molecule has 2 aromatic carbocycles. The maximum absolute atomic E-state index is 11.9. The second-order valence-corrected chi connectivity index (χ2v) is 6.04. The molecule has 0 unspecified atom stereocenters. The zero-order valence-electron chi connectivity index (χ0n) is 14.2. The van der Waals surface area contributed by atoms with Crippen LogP contribution >= 0.6 is 23.2 Å². The molecular formula is C18H17Cl2NO5. The van der Waals surface area contributed by atoms with Gasteiger partial charge in [0.2, 0.25) is 0 Å². The Morgan fingerprint density at radius 2 is 1.73 bits per heavy atom. The average Bonchev–Trinajstić information content (AvgIpc) is 2.62. The predicted octanol–water partition coefficient (Wildman–Crippen LogP) is 3.74. The van der Waals surface area contributed by atoms with Gasteiger partial charge in [-0.2, -0.15) is 0 Å². The number of carbonyl (C=O) groups is 2. The van der Waals surface area contributed by atoms with Gasteiger partial charge < -0.3 is 19.5 Å². The summed E-state index contributed by atoms with van der Waals surface area (Å²) in [6.07, 6.45) is -0.00463. The fraction of sp³-hybridized carbons (Fsp3) is 0.222. The molecule has 26 heavy (non-hydrogen) atoms. The Labute approximate surface area is 160 Å².